The number of anilines is 3. The van der Waals surface area contributed by atoms with E-state index in [1.54, 1.807) is 0 Å². The van der Waals surface area contributed by atoms with Crippen molar-refractivity contribution in [1.82, 2.24) is 0 Å². The molecule has 0 saturated carbocycles. The van der Waals surface area contributed by atoms with Crippen LogP contribution in [0.25, 0.3) is 66.4 Å². The van der Waals surface area contributed by atoms with Crippen LogP contribution in [0.2, 0.25) is 0 Å². The van der Waals surface area contributed by atoms with Gasteiger partial charge in [-0.15, -0.1) is 0 Å². The molecule has 316 valence electrons. The molecule has 1 heterocycles. The van der Waals surface area contributed by atoms with Gasteiger partial charge in [0.1, 0.15) is 11.2 Å². The fourth-order valence-electron chi connectivity index (χ4n) is 12.4. The molecule has 0 amide bonds. The zero-order valence-electron chi connectivity index (χ0n) is 38.9. The summed E-state index contributed by atoms with van der Waals surface area (Å²) in [5.74, 6) is 0. The van der Waals surface area contributed by atoms with Crippen molar-refractivity contribution in [1.29, 1.82) is 0 Å². The van der Waals surface area contributed by atoms with Gasteiger partial charge in [0, 0.05) is 38.7 Å². The van der Waals surface area contributed by atoms with Crippen LogP contribution in [0, 0.1) is 24.7 Å². The van der Waals surface area contributed by atoms with Gasteiger partial charge >= 0.3 is 0 Å². The zero-order valence-corrected chi connectivity index (χ0v) is 38.9. The monoisotopic (exact) mass is 831 g/mol. The molecule has 0 saturated heterocycles. The fourth-order valence-corrected chi connectivity index (χ4v) is 12.4. The molecule has 0 N–H and O–H groups in total. The summed E-state index contributed by atoms with van der Waals surface area (Å²) in [6, 6.07) is 61.2. The maximum atomic E-state index is 6.29. The molecule has 2 aliphatic carbocycles. The maximum absolute atomic E-state index is 6.29. The van der Waals surface area contributed by atoms with Crippen molar-refractivity contribution in [3.63, 3.8) is 0 Å². The number of rotatable bonds is 5. The number of nitrogens with zero attached hydrogens (tertiary/aromatic N) is 1. The Balaban J connectivity index is 1.02. The lowest BCUT2D eigenvalue weighted by Crippen LogP contribution is -2.50. The van der Waals surface area contributed by atoms with Crippen molar-refractivity contribution < 1.29 is 4.42 Å². The highest BCUT2D eigenvalue weighted by Crippen LogP contribution is 2.65. The standard InChI is InChI=1S/C62H57NO/c1-38-19-30-48-52-37-51(39(2)34-56(52)62(55(48)33-38,59(3,4)5)60(6,7)8)41-22-27-44(28-23-41)63(45-29-32-47-46-15-11-13-17-53(46)61(9,10)54(47)36-45)43-25-20-40(21-26-43)42-24-31-50-49-16-12-14-18-57(49)64-58(50)35-42/h11-37H,1-10H3. The Morgan fingerprint density at radius 3 is 1.69 bits per heavy atom. The number of hydrogen-bond donors (Lipinski definition) is 0. The molecule has 0 bridgehead atoms. The van der Waals surface area contributed by atoms with Crippen LogP contribution in [0.5, 0.6) is 0 Å². The smallest absolute Gasteiger partial charge is 0.136 e. The van der Waals surface area contributed by atoms with E-state index < -0.39 is 0 Å². The molecular formula is C62H57NO. The van der Waals surface area contributed by atoms with Crippen molar-refractivity contribution in [2.24, 2.45) is 10.8 Å². The van der Waals surface area contributed by atoms with E-state index in [0.29, 0.717) is 0 Å². The SMILES string of the molecule is Cc1ccc2c(c1)C(C(C)(C)C)(C(C)(C)C)c1cc(C)c(-c3ccc(N(c4ccc(-c5ccc6c(c5)oc5ccccc56)cc4)c4ccc5c(c4)C(C)(C)c4ccccc4-5)cc3)cc1-2. The lowest BCUT2D eigenvalue weighted by Gasteiger charge is -2.53. The molecule has 1 aromatic heterocycles. The Morgan fingerprint density at radius 1 is 0.406 bits per heavy atom. The molecule has 0 aliphatic heterocycles. The molecule has 0 atom stereocenters. The van der Waals surface area contributed by atoms with Crippen molar-refractivity contribution in [2.75, 3.05) is 4.90 Å². The van der Waals surface area contributed by atoms with Crippen molar-refractivity contribution in [3.05, 3.63) is 197 Å². The predicted molar refractivity (Wildman–Crippen MR) is 271 cm³/mol. The zero-order chi connectivity index (χ0) is 44.5. The average Bonchev–Trinajstić information content (AvgIpc) is 3.86. The van der Waals surface area contributed by atoms with E-state index in [-0.39, 0.29) is 21.7 Å². The van der Waals surface area contributed by atoms with E-state index in [0.717, 1.165) is 50.1 Å². The Hall–Kier alpha value is -6.64. The summed E-state index contributed by atoms with van der Waals surface area (Å²) < 4.78 is 6.29. The van der Waals surface area contributed by atoms with Crippen LogP contribution in [0.4, 0.5) is 17.1 Å². The fraction of sp³-hybridized carbons (Fsp3) is 0.226. The Bertz CT molecular complexity index is 3310. The number of benzene rings is 8. The second kappa shape index (κ2) is 13.9. The molecule has 8 aromatic carbocycles. The van der Waals surface area contributed by atoms with Crippen molar-refractivity contribution >= 4 is 39.0 Å². The summed E-state index contributed by atoms with van der Waals surface area (Å²) in [5.41, 5.74) is 23.4. The van der Waals surface area contributed by atoms with Crippen LogP contribution in [0.1, 0.15) is 88.8 Å². The molecular weight excluding hydrogens is 775 g/mol. The van der Waals surface area contributed by atoms with Gasteiger partial charge in [0.25, 0.3) is 0 Å². The Kier molecular flexibility index (Phi) is 8.74. The maximum Gasteiger partial charge on any atom is 0.136 e. The largest absolute Gasteiger partial charge is 0.456 e. The van der Waals surface area contributed by atoms with Crippen LogP contribution in [0.3, 0.4) is 0 Å². The second-order valence-electron chi connectivity index (χ2n) is 21.2. The number of hydrogen-bond acceptors (Lipinski definition) is 2. The van der Waals surface area contributed by atoms with E-state index in [2.05, 4.69) is 226 Å². The number of para-hydroxylation sites is 1. The van der Waals surface area contributed by atoms with Gasteiger partial charge in [-0.3, -0.25) is 0 Å². The molecule has 0 fully saturated rings. The lowest BCUT2D eigenvalue weighted by molar-refractivity contribution is 0.0950. The third-order valence-electron chi connectivity index (χ3n) is 15.0. The first-order chi connectivity index (χ1) is 30.6. The van der Waals surface area contributed by atoms with Crippen molar-refractivity contribution in [3.8, 4) is 44.5 Å². The highest BCUT2D eigenvalue weighted by molar-refractivity contribution is 6.06. The lowest BCUT2D eigenvalue weighted by atomic mass is 9.50. The van der Waals surface area contributed by atoms with E-state index in [1.807, 2.05) is 12.1 Å². The van der Waals surface area contributed by atoms with Gasteiger partial charge in [0.2, 0.25) is 0 Å². The average molecular weight is 832 g/mol. The second-order valence-corrected chi connectivity index (χ2v) is 21.2. The van der Waals surface area contributed by atoms with E-state index in [4.69, 9.17) is 4.42 Å². The van der Waals surface area contributed by atoms with E-state index >= 15 is 0 Å². The van der Waals surface area contributed by atoms with E-state index in [9.17, 15) is 0 Å². The normalized spacial score (nSPS) is 14.7. The quantitative estimate of drug-likeness (QED) is 0.172. The summed E-state index contributed by atoms with van der Waals surface area (Å²) in [7, 11) is 0. The Morgan fingerprint density at radius 2 is 0.969 bits per heavy atom. The predicted octanol–water partition coefficient (Wildman–Crippen LogP) is 17.7. The molecule has 0 spiro atoms. The van der Waals surface area contributed by atoms with Gasteiger partial charge in [0.15, 0.2) is 0 Å². The van der Waals surface area contributed by atoms with E-state index in [1.165, 1.54) is 66.8 Å². The number of furan rings is 1. The Labute approximate surface area is 379 Å². The van der Waals surface area contributed by atoms with Crippen LogP contribution in [-0.2, 0) is 10.8 Å². The summed E-state index contributed by atoms with van der Waals surface area (Å²) in [4.78, 5) is 2.42. The highest BCUT2D eigenvalue weighted by atomic mass is 16.3. The van der Waals surface area contributed by atoms with Gasteiger partial charge in [0.05, 0.1) is 0 Å². The van der Waals surface area contributed by atoms with Crippen LogP contribution in [0.15, 0.2) is 168 Å². The van der Waals surface area contributed by atoms with Crippen LogP contribution in [-0.4, -0.2) is 0 Å². The molecule has 9 aromatic rings. The number of aryl methyl sites for hydroxylation is 2. The molecule has 64 heavy (non-hydrogen) atoms. The molecule has 2 aliphatic rings. The van der Waals surface area contributed by atoms with Crippen LogP contribution < -0.4 is 4.90 Å². The van der Waals surface area contributed by atoms with Gasteiger partial charge in [-0.05, 0) is 158 Å². The molecule has 2 heteroatoms. The molecule has 0 unspecified atom stereocenters. The third kappa shape index (κ3) is 5.77. The summed E-state index contributed by atoms with van der Waals surface area (Å²) in [5, 5.41) is 2.29. The first kappa shape index (κ1) is 40.2. The van der Waals surface area contributed by atoms with Crippen molar-refractivity contribution in [2.45, 2.75) is 80.1 Å². The first-order valence-electron chi connectivity index (χ1n) is 23.0. The van der Waals surface area contributed by atoms with Crippen LogP contribution >= 0.6 is 0 Å². The summed E-state index contributed by atoms with van der Waals surface area (Å²) >= 11 is 0. The van der Waals surface area contributed by atoms with Gasteiger partial charge < -0.3 is 9.32 Å². The number of fused-ring (bicyclic) bond motifs is 9. The van der Waals surface area contributed by atoms with Gasteiger partial charge in [-0.2, -0.15) is 0 Å². The minimum Gasteiger partial charge on any atom is -0.456 e. The molecule has 0 radical (unpaired) electrons. The third-order valence-corrected chi connectivity index (χ3v) is 15.0. The van der Waals surface area contributed by atoms with Gasteiger partial charge in [-0.1, -0.05) is 164 Å². The summed E-state index contributed by atoms with van der Waals surface area (Å²) in [6.07, 6.45) is 0. The topological polar surface area (TPSA) is 16.4 Å². The minimum absolute atomic E-state index is 0.00595. The minimum atomic E-state index is -0.147. The molecule has 11 rings (SSSR count). The van der Waals surface area contributed by atoms with Gasteiger partial charge in [-0.25, -0.2) is 0 Å². The highest BCUT2D eigenvalue weighted by Gasteiger charge is 2.57. The summed E-state index contributed by atoms with van der Waals surface area (Å²) in [6.45, 7) is 23.9. The first-order valence-corrected chi connectivity index (χ1v) is 23.0. The molecule has 2 nitrogen and oxygen atoms in total.